The van der Waals surface area contributed by atoms with Crippen LogP contribution in [-0.4, -0.2) is 24.6 Å². The predicted octanol–water partition coefficient (Wildman–Crippen LogP) is 4.88. The highest BCUT2D eigenvalue weighted by Crippen LogP contribution is 2.19. The van der Waals surface area contributed by atoms with E-state index in [-0.39, 0.29) is 6.10 Å². The number of rotatable bonds is 10. The molecule has 1 unspecified atom stereocenters. The Morgan fingerprint density at radius 3 is 2.43 bits per heavy atom. The molecule has 0 aliphatic carbocycles. The highest BCUT2D eigenvalue weighted by molar-refractivity contribution is 5.91. The zero-order valence-corrected chi connectivity index (χ0v) is 16.4. The van der Waals surface area contributed by atoms with Gasteiger partial charge in [-0.05, 0) is 49.2 Å². The largest absolute Gasteiger partial charge is 0.493 e. The fourth-order valence-electron chi connectivity index (χ4n) is 2.62. The third kappa shape index (κ3) is 6.58. The van der Waals surface area contributed by atoms with Crippen LogP contribution in [0.25, 0.3) is 0 Å². The monoisotopic (exact) mass is 382 g/mol. The summed E-state index contributed by atoms with van der Waals surface area (Å²) in [5.74, 6) is 0.344. The van der Waals surface area contributed by atoms with E-state index in [1.54, 1.807) is 30.3 Å². The van der Waals surface area contributed by atoms with Gasteiger partial charge in [-0.2, -0.15) is 0 Å². The van der Waals surface area contributed by atoms with Crippen molar-refractivity contribution >= 4 is 11.9 Å². The number of esters is 2. The van der Waals surface area contributed by atoms with Crippen LogP contribution in [0.5, 0.6) is 11.5 Å². The average molecular weight is 382 g/mol. The first-order chi connectivity index (χ1) is 13.5. The van der Waals surface area contributed by atoms with E-state index in [1.807, 2.05) is 32.0 Å². The Kier molecular flexibility index (Phi) is 8.28. The third-order valence-electron chi connectivity index (χ3n) is 4.15. The number of hydrogen-bond acceptors (Lipinski definition) is 5. The van der Waals surface area contributed by atoms with Gasteiger partial charge < -0.3 is 14.2 Å². The molecule has 2 rings (SSSR count). The van der Waals surface area contributed by atoms with Crippen LogP contribution in [0.4, 0.5) is 0 Å². The normalized spacial score (nSPS) is 11.4. The van der Waals surface area contributed by atoms with Gasteiger partial charge in [-0.3, -0.25) is 0 Å². The Hall–Kier alpha value is -3.08. The second kappa shape index (κ2) is 10.9. The maximum absolute atomic E-state index is 12.3. The highest BCUT2D eigenvalue weighted by Gasteiger charge is 2.13. The van der Waals surface area contributed by atoms with Gasteiger partial charge in [0.05, 0.1) is 12.2 Å². The van der Waals surface area contributed by atoms with Gasteiger partial charge in [0.1, 0.15) is 17.6 Å². The summed E-state index contributed by atoms with van der Waals surface area (Å²) in [5.41, 5.74) is 1.34. The van der Waals surface area contributed by atoms with Gasteiger partial charge >= 0.3 is 11.9 Å². The summed E-state index contributed by atoms with van der Waals surface area (Å²) in [7, 11) is 0. The Morgan fingerprint density at radius 2 is 1.79 bits per heavy atom. The second-order valence-electron chi connectivity index (χ2n) is 6.37. The van der Waals surface area contributed by atoms with Crippen LogP contribution in [0, 0.1) is 6.92 Å². The third-order valence-corrected chi connectivity index (χ3v) is 4.15. The van der Waals surface area contributed by atoms with Crippen molar-refractivity contribution < 1.29 is 23.8 Å². The van der Waals surface area contributed by atoms with E-state index >= 15 is 0 Å². The molecular weight excluding hydrogens is 356 g/mol. The molecule has 0 aliphatic heterocycles. The van der Waals surface area contributed by atoms with Crippen LogP contribution in [0.3, 0.4) is 0 Å². The van der Waals surface area contributed by atoms with Crippen molar-refractivity contribution in [1.29, 1.82) is 0 Å². The number of hydrogen-bond donors (Lipinski definition) is 0. The first-order valence-electron chi connectivity index (χ1n) is 9.37. The van der Waals surface area contributed by atoms with Crippen molar-refractivity contribution in [1.82, 2.24) is 0 Å². The first-order valence-corrected chi connectivity index (χ1v) is 9.37. The van der Waals surface area contributed by atoms with Gasteiger partial charge in [0.2, 0.25) is 0 Å². The minimum absolute atomic E-state index is 0.195. The van der Waals surface area contributed by atoms with Crippen LogP contribution in [0.2, 0.25) is 0 Å². The number of benzene rings is 2. The van der Waals surface area contributed by atoms with Crippen molar-refractivity contribution in [2.24, 2.45) is 0 Å². The molecule has 0 aliphatic rings. The molecule has 0 heterocycles. The minimum Gasteiger partial charge on any atom is -0.493 e. The number of para-hydroxylation sites is 1. The van der Waals surface area contributed by atoms with E-state index in [0.29, 0.717) is 30.1 Å². The smallest absolute Gasteiger partial charge is 0.343 e. The maximum atomic E-state index is 12.3. The lowest BCUT2D eigenvalue weighted by molar-refractivity contribution is -0.143. The molecule has 0 bridgehead atoms. The topological polar surface area (TPSA) is 61.8 Å². The molecule has 0 radical (unpaired) electrons. The molecule has 5 heteroatoms. The fraction of sp³-hybridized carbons (Fsp3) is 0.304. The zero-order valence-electron chi connectivity index (χ0n) is 16.4. The summed E-state index contributed by atoms with van der Waals surface area (Å²) in [4.78, 5) is 23.6. The predicted molar refractivity (Wildman–Crippen MR) is 108 cm³/mol. The van der Waals surface area contributed by atoms with E-state index < -0.39 is 11.9 Å². The molecule has 2 aromatic carbocycles. The minimum atomic E-state index is -0.421. The Labute approximate surface area is 165 Å². The number of aryl methyl sites for hydroxylation is 1. The lowest BCUT2D eigenvalue weighted by atomic mass is 10.1. The summed E-state index contributed by atoms with van der Waals surface area (Å²) in [6.07, 6.45) is 3.24. The molecule has 0 aromatic heterocycles. The summed E-state index contributed by atoms with van der Waals surface area (Å²) in [6, 6.07) is 14.1. The first kappa shape index (κ1) is 21.2. The quantitative estimate of drug-likeness (QED) is 0.333. The van der Waals surface area contributed by atoms with Crippen LogP contribution in [0.1, 0.15) is 42.1 Å². The van der Waals surface area contributed by atoms with Crippen LogP contribution in [0.15, 0.2) is 61.2 Å². The lowest BCUT2D eigenvalue weighted by Gasteiger charge is -2.16. The van der Waals surface area contributed by atoms with Gasteiger partial charge in [-0.15, -0.1) is 0 Å². The molecule has 5 nitrogen and oxygen atoms in total. The Balaban J connectivity index is 1.86. The second-order valence-corrected chi connectivity index (χ2v) is 6.37. The summed E-state index contributed by atoms with van der Waals surface area (Å²) in [6.45, 7) is 7.74. The van der Waals surface area contributed by atoms with Crippen LogP contribution >= 0.6 is 0 Å². The van der Waals surface area contributed by atoms with E-state index in [2.05, 4.69) is 6.58 Å². The average Bonchev–Trinajstić information content (AvgIpc) is 2.70. The Morgan fingerprint density at radius 1 is 1.07 bits per heavy atom. The standard InChI is InChI=1S/C23H26O5/c1-4-8-20(27-22(24)5-2)15-16-26-19-13-11-18(12-14-19)23(25)28-21-10-7-6-9-17(21)3/h5-7,9-14,20H,2,4,8,15-16H2,1,3H3. The van der Waals surface area contributed by atoms with Gasteiger partial charge in [0, 0.05) is 12.5 Å². The maximum Gasteiger partial charge on any atom is 0.343 e. The summed E-state index contributed by atoms with van der Waals surface area (Å²) >= 11 is 0. The molecule has 2 aromatic rings. The van der Waals surface area contributed by atoms with Crippen molar-refractivity contribution in [2.45, 2.75) is 39.2 Å². The van der Waals surface area contributed by atoms with Gasteiger partial charge in [0.25, 0.3) is 0 Å². The SMILES string of the molecule is C=CC(=O)OC(CCC)CCOc1ccc(C(=O)Oc2ccccc2C)cc1. The lowest BCUT2D eigenvalue weighted by Crippen LogP contribution is -2.19. The highest BCUT2D eigenvalue weighted by atomic mass is 16.5. The van der Waals surface area contributed by atoms with Crippen molar-refractivity contribution in [3.8, 4) is 11.5 Å². The van der Waals surface area contributed by atoms with Crippen molar-refractivity contribution in [3.05, 3.63) is 72.3 Å². The van der Waals surface area contributed by atoms with Gasteiger partial charge in [-0.1, -0.05) is 38.1 Å². The molecule has 0 fully saturated rings. The molecule has 148 valence electrons. The van der Waals surface area contributed by atoms with Crippen LogP contribution < -0.4 is 9.47 Å². The molecule has 0 saturated carbocycles. The number of ether oxygens (including phenoxy) is 3. The summed E-state index contributed by atoms with van der Waals surface area (Å²) in [5, 5.41) is 0. The molecule has 0 spiro atoms. The van der Waals surface area contributed by atoms with Crippen molar-refractivity contribution in [3.63, 3.8) is 0 Å². The summed E-state index contributed by atoms with van der Waals surface area (Å²) < 4.78 is 16.4. The molecule has 0 saturated heterocycles. The van der Waals surface area contributed by atoms with E-state index in [0.717, 1.165) is 24.5 Å². The van der Waals surface area contributed by atoms with Crippen LogP contribution in [-0.2, 0) is 9.53 Å². The Bertz CT molecular complexity index is 795. The van der Waals surface area contributed by atoms with Crippen molar-refractivity contribution in [2.75, 3.05) is 6.61 Å². The van der Waals surface area contributed by atoms with Gasteiger partial charge in [0.15, 0.2) is 0 Å². The molecule has 0 amide bonds. The molecule has 0 N–H and O–H groups in total. The van der Waals surface area contributed by atoms with E-state index in [9.17, 15) is 9.59 Å². The van der Waals surface area contributed by atoms with E-state index in [1.165, 1.54) is 0 Å². The molecular formula is C23H26O5. The number of carbonyl (C=O) groups excluding carboxylic acids is 2. The number of carbonyl (C=O) groups is 2. The van der Waals surface area contributed by atoms with E-state index in [4.69, 9.17) is 14.2 Å². The fourth-order valence-corrected chi connectivity index (χ4v) is 2.62. The zero-order chi connectivity index (χ0) is 20.4. The molecule has 1 atom stereocenters. The molecule has 28 heavy (non-hydrogen) atoms. The van der Waals surface area contributed by atoms with Gasteiger partial charge in [-0.25, -0.2) is 9.59 Å².